The second-order valence-electron chi connectivity index (χ2n) is 4.07. The van der Waals surface area contributed by atoms with Crippen LogP contribution in [0.1, 0.15) is 38.5 Å². The average molecular weight is 181 g/mol. The van der Waals surface area contributed by atoms with Crippen LogP contribution in [0.3, 0.4) is 0 Å². The Morgan fingerprint density at radius 3 is 2.54 bits per heavy atom. The van der Waals surface area contributed by atoms with Crippen molar-refractivity contribution in [1.29, 1.82) is 0 Å². The summed E-state index contributed by atoms with van der Waals surface area (Å²) in [5, 5.41) is 2.81. The summed E-state index contributed by atoms with van der Waals surface area (Å²) in [6.45, 7) is 0.744. The highest BCUT2D eigenvalue weighted by molar-refractivity contribution is 6.06. The van der Waals surface area contributed by atoms with Gasteiger partial charge in [0.15, 0.2) is 0 Å². The summed E-state index contributed by atoms with van der Waals surface area (Å²) in [7, 11) is 0. The van der Waals surface area contributed by atoms with Crippen molar-refractivity contribution in [2.24, 2.45) is 5.41 Å². The summed E-state index contributed by atoms with van der Waals surface area (Å²) in [5.41, 5.74) is -0.615. The first kappa shape index (κ1) is 8.73. The molecule has 0 aromatic heterocycles. The Hall–Kier alpha value is -0.860. The van der Waals surface area contributed by atoms with Crippen LogP contribution in [0.25, 0.3) is 0 Å². The molecule has 0 aromatic rings. The van der Waals surface area contributed by atoms with Crippen LogP contribution in [-0.2, 0) is 9.59 Å². The third-order valence-corrected chi connectivity index (χ3v) is 3.29. The quantitative estimate of drug-likeness (QED) is 0.567. The fourth-order valence-electron chi connectivity index (χ4n) is 2.47. The number of amides is 1. The maximum absolute atomic E-state index is 11.7. The lowest BCUT2D eigenvalue weighted by Gasteiger charge is -2.37. The van der Waals surface area contributed by atoms with Gasteiger partial charge in [-0.15, -0.1) is 0 Å². The van der Waals surface area contributed by atoms with E-state index in [1.165, 1.54) is 0 Å². The topological polar surface area (TPSA) is 46.2 Å². The Balaban J connectivity index is 2.23. The summed E-state index contributed by atoms with van der Waals surface area (Å²) in [6.07, 6.45) is 5.10. The SMILES string of the molecule is O=C1CCCCC12CCCNC2=O. The minimum absolute atomic E-state index is 0.0107. The fourth-order valence-corrected chi connectivity index (χ4v) is 2.47. The lowest BCUT2D eigenvalue weighted by atomic mass is 9.68. The first-order valence-electron chi connectivity index (χ1n) is 5.07. The smallest absolute Gasteiger partial charge is 0.233 e. The van der Waals surface area contributed by atoms with E-state index in [9.17, 15) is 9.59 Å². The number of carbonyl (C=O) groups excluding carboxylic acids is 2. The highest BCUT2D eigenvalue weighted by Gasteiger charge is 2.47. The minimum atomic E-state index is -0.615. The van der Waals surface area contributed by atoms with Gasteiger partial charge in [0.25, 0.3) is 0 Å². The van der Waals surface area contributed by atoms with Crippen molar-refractivity contribution < 1.29 is 9.59 Å². The zero-order valence-corrected chi connectivity index (χ0v) is 7.77. The minimum Gasteiger partial charge on any atom is -0.355 e. The molecule has 1 amide bonds. The van der Waals surface area contributed by atoms with Crippen LogP contribution in [-0.4, -0.2) is 18.2 Å². The largest absolute Gasteiger partial charge is 0.355 e. The normalized spacial score (nSPS) is 34.8. The molecular weight excluding hydrogens is 166 g/mol. The molecule has 2 aliphatic rings. The molecule has 3 heteroatoms. The summed E-state index contributed by atoms with van der Waals surface area (Å²) >= 11 is 0. The maximum Gasteiger partial charge on any atom is 0.233 e. The van der Waals surface area contributed by atoms with Crippen LogP contribution in [0.15, 0.2) is 0 Å². The number of rotatable bonds is 0. The number of hydrogen-bond acceptors (Lipinski definition) is 2. The van der Waals surface area contributed by atoms with Crippen LogP contribution in [0.2, 0.25) is 0 Å². The van der Waals surface area contributed by atoms with E-state index in [0.717, 1.165) is 38.6 Å². The van der Waals surface area contributed by atoms with E-state index in [0.29, 0.717) is 6.42 Å². The molecule has 0 aromatic carbocycles. The third-order valence-electron chi connectivity index (χ3n) is 3.29. The number of nitrogens with one attached hydrogen (secondary N) is 1. The molecule has 0 radical (unpaired) electrons. The molecule has 0 bridgehead atoms. The molecular formula is C10H15NO2. The van der Waals surface area contributed by atoms with Gasteiger partial charge >= 0.3 is 0 Å². The van der Waals surface area contributed by atoms with E-state index in [1.807, 2.05) is 0 Å². The van der Waals surface area contributed by atoms with Crippen molar-refractivity contribution in [3.8, 4) is 0 Å². The van der Waals surface area contributed by atoms with Gasteiger partial charge < -0.3 is 5.32 Å². The van der Waals surface area contributed by atoms with Crippen LogP contribution in [0.4, 0.5) is 0 Å². The second-order valence-corrected chi connectivity index (χ2v) is 4.07. The van der Waals surface area contributed by atoms with E-state index < -0.39 is 5.41 Å². The lowest BCUT2D eigenvalue weighted by molar-refractivity contribution is -0.147. The molecule has 1 saturated heterocycles. The molecule has 1 aliphatic carbocycles. The number of Topliss-reactive ketones (excluding diaryl/α,β-unsaturated/α-hetero) is 1. The van der Waals surface area contributed by atoms with Gasteiger partial charge in [0, 0.05) is 13.0 Å². The van der Waals surface area contributed by atoms with Crippen molar-refractivity contribution in [3.05, 3.63) is 0 Å². The molecule has 1 unspecified atom stereocenters. The standard InChI is InChI=1S/C10H15NO2/c12-8-4-1-2-5-10(8)6-3-7-11-9(10)13/h1-7H2,(H,11,13). The Morgan fingerprint density at radius 1 is 1.08 bits per heavy atom. The molecule has 1 N–H and O–H groups in total. The zero-order chi connectivity index (χ0) is 9.31. The van der Waals surface area contributed by atoms with E-state index >= 15 is 0 Å². The van der Waals surface area contributed by atoms with Gasteiger partial charge in [-0.1, -0.05) is 6.42 Å². The van der Waals surface area contributed by atoms with E-state index in [1.54, 1.807) is 0 Å². The van der Waals surface area contributed by atoms with Crippen LogP contribution in [0.5, 0.6) is 0 Å². The predicted molar refractivity (Wildman–Crippen MR) is 48.2 cm³/mol. The lowest BCUT2D eigenvalue weighted by Crippen LogP contribution is -2.51. The monoisotopic (exact) mass is 181 g/mol. The highest BCUT2D eigenvalue weighted by atomic mass is 16.2. The van der Waals surface area contributed by atoms with Crippen molar-refractivity contribution in [3.63, 3.8) is 0 Å². The fraction of sp³-hybridized carbons (Fsp3) is 0.800. The van der Waals surface area contributed by atoms with Gasteiger partial charge in [-0.05, 0) is 25.7 Å². The van der Waals surface area contributed by atoms with Crippen molar-refractivity contribution in [2.45, 2.75) is 38.5 Å². The first-order chi connectivity index (χ1) is 6.26. The summed E-state index contributed by atoms with van der Waals surface area (Å²) < 4.78 is 0. The van der Waals surface area contributed by atoms with Gasteiger partial charge in [-0.3, -0.25) is 9.59 Å². The summed E-state index contributed by atoms with van der Waals surface area (Å²) in [6, 6.07) is 0. The Labute approximate surface area is 77.9 Å². The molecule has 2 rings (SSSR count). The van der Waals surface area contributed by atoms with Crippen LogP contribution >= 0.6 is 0 Å². The maximum atomic E-state index is 11.7. The number of carbonyl (C=O) groups is 2. The summed E-state index contributed by atoms with van der Waals surface area (Å²) in [5.74, 6) is 0.166. The van der Waals surface area contributed by atoms with Gasteiger partial charge in [-0.2, -0.15) is 0 Å². The van der Waals surface area contributed by atoms with Crippen LogP contribution < -0.4 is 5.32 Å². The third kappa shape index (κ3) is 1.26. The molecule has 1 spiro atoms. The Kier molecular flexibility index (Phi) is 2.10. The van der Waals surface area contributed by atoms with Crippen molar-refractivity contribution in [2.75, 3.05) is 6.54 Å². The molecule has 3 nitrogen and oxygen atoms in total. The molecule has 13 heavy (non-hydrogen) atoms. The van der Waals surface area contributed by atoms with Gasteiger partial charge in [0.1, 0.15) is 11.2 Å². The predicted octanol–water partition coefficient (Wildman–Crippen LogP) is 1.03. The zero-order valence-electron chi connectivity index (χ0n) is 7.77. The van der Waals surface area contributed by atoms with Gasteiger partial charge in [-0.25, -0.2) is 0 Å². The highest BCUT2D eigenvalue weighted by Crippen LogP contribution is 2.39. The molecule has 2 fully saturated rings. The van der Waals surface area contributed by atoms with Crippen molar-refractivity contribution in [1.82, 2.24) is 5.32 Å². The summed E-state index contributed by atoms with van der Waals surface area (Å²) in [4.78, 5) is 23.4. The molecule has 72 valence electrons. The molecule has 1 atom stereocenters. The second kappa shape index (κ2) is 3.13. The van der Waals surface area contributed by atoms with Crippen LogP contribution in [0, 0.1) is 5.41 Å². The first-order valence-corrected chi connectivity index (χ1v) is 5.07. The molecule has 1 heterocycles. The molecule has 1 aliphatic heterocycles. The Bertz CT molecular complexity index is 221. The Morgan fingerprint density at radius 2 is 1.85 bits per heavy atom. The number of ketones is 1. The number of piperidine rings is 1. The van der Waals surface area contributed by atoms with Crippen molar-refractivity contribution >= 4 is 11.7 Å². The van der Waals surface area contributed by atoms with Gasteiger partial charge in [0.2, 0.25) is 5.91 Å². The molecule has 1 saturated carbocycles. The van der Waals surface area contributed by atoms with E-state index in [4.69, 9.17) is 0 Å². The van der Waals surface area contributed by atoms with E-state index in [2.05, 4.69) is 5.32 Å². The van der Waals surface area contributed by atoms with E-state index in [-0.39, 0.29) is 11.7 Å². The number of hydrogen-bond donors (Lipinski definition) is 1. The average Bonchev–Trinajstić information content (AvgIpc) is 2.15. The van der Waals surface area contributed by atoms with Gasteiger partial charge in [0.05, 0.1) is 0 Å².